The number of methoxy groups -OCH3 is 3. The van der Waals surface area contributed by atoms with Gasteiger partial charge >= 0.3 is 5.97 Å². The Morgan fingerprint density at radius 3 is 2.08 bits per heavy atom. The molecule has 1 atom stereocenters. The number of benzene rings is 1. The predicted molar refractivity (Wildman–Crippen MR) is 94.9 cm³/mol. The molecule has 1 heterocycles. The van der Waals surface area contributed by atoms with Crippen molar-refractivity contribution in [3.8, 4) is 17.2 Å². The summed E-state index contributed by atoms with van der Waals surface area (Å²) in [5, 5.41) is 9.86. The molecule has 1 aliphatic heterocycles. The molecule has 0 radical (unpaired) electrons. The number of carbonyl (C=O) groups is 2. The van der Waals surface area contributed by atoms with Gasteiger partial charge in [0.25, 0.3) is 0 Å². The zero-order valence-electron chi connectivity index (χ0n) is 15.7. The van der Waals surface area contributed by atoms with E-state index in [0.717, 1.165) is 0 Å². The summed E-state index contributed by atoms with van der Waals surface area (Å²) >= 11 is 0. The van der Waals surface area contributed by atoms with E-state index in [1.165, 1.54) is 28.3 Å². The van der Waals surface area contributed by atoms with Crippen LogP contribution in [0.1, 0.15) is 24.9 Å². The maximum atomic E-state index is 12.0. The van der Waals surface area contributed by atoms with Gasteiger partial charge < -0.3 is 24.2 Å². The second-order valence-electron chi connectivity index (χ2n) is 6.10. The maximum Gasteiger partial charge on any atom is 0.325 e. The number of hydrogen-bond acceptors (Lipinski definition) is 6. The smallest absolute Gasteiger partial charge is 0.325 e. The minimum absolute atomic E-state index is 0.00603. The molecule has 2 rings (SSSR count). The van der Waals surface area contributed by atoms with E-state index in [9.17, 15) is 14.7 Å². The van der Waals surface area contributed by atoms with Crippen LogP contribution in [-0.4, -0.2) is 74.3 Å². The van der Waals surface area contributed by atoms with E-state index in [1.54, 1.807) is 17.0 Å². The molecule has 26 heavy (non-hydrogen) atoms. The highest BCUT2D eigenvalue weighted by atomic mass is 16.5. The molecule has 0 bridgehead atoms. The molecule has 144 valence electrons. The van der Waals surface area contributed by atoms with Crippen molar-refractivity contribution in [2.75, 3.05) is 47.5 Å². The fraction of sp³-hybridized carbons (Fsp3) is 0.556. The molecule has 1 unspecified atom stereocenters. The first kappa shape index (κ1) is 19.8. The van der Waals surface area contributed by atoms with E-state index < -0.39 is 12.0 Å². The van der Waals surface area contributed by atoms with Gasteiger partial charge in [-0.15, -0.1) is 0 Å². The molecular formula is C18H26N2O6. The first-order chi connectivity index (χ1) is 12.4. The lowest BCUT2D eigenvalue weighted by Crippen LogP contribution is -2.38. The van der Waals surface area contributed by atoms with Crippen molar-refractivity contribution >= 4 is 11.9 Å². The Kier molecular flexibility index (Phi) is 6.68. The molecule has 1 fully saturated rings. The van der Waals surface area contributed by atoms with Crippen LogP contribution in [0, 0.1) is 0 Å². The predicted octanol–water partition coefficient (Wildman–Crippen LogP) is 1.39. The Morgan fingerprint density at radius 1 is 1.00 bits per heavy atom. The van der Waals surface area contributed by atoms with Crippen LogP contribution in [0.2, 0.25) is 0 Å². The van der Waals surface area contributed by atoms with E-state index in [-0.39, 0.29) is 5.91 Å². The van der Waals surface area contributed by atoms with Gasteiger partial charge in [-0.05, 0) is 24.1 Å². The molecular weight excluding hydrogens is 340 g/mol. The Labute approximate surface area is 153 Å². The molecule has 1 aromatic carbocycles. The summed E-state index contributed by atoms with van der Waals surface area (Å²) in [7, 11) is 4.49. The molecule has 1 saturated heterocycles. The minimum Gasteiger partial charge on any atom is -0.493 e. The second kappa shape index (κ2) is 8.75. The van der Waals surface area contributed by atoms with Crippen molar-refractivity contribution in [3.63, 3.8) is 0 Å². The van der Waals surface area contributed by atoms with Crippen LogP contribution < -0.4 is 14.2 Å². The number of rotatable bonds is 6. The number of ether oxygens (including phenoxy) is 3. The van der Waals surface area contributed by atoms with Crippen LogP contribution in [-0.2, 0) is 9.59 Å². The molecule has 0 saturated carbocycles. The largest absolute Gasteiger partial charge is 0.493 e. The normalized spacial score (nSPS) is 16.5. The Bertz CT molecular complexity index is 638. The quantitative estimate of drug-likeness (QED) is 0.814. The summed E-state index contributed by atoms with van der Waals surface area (Å²) in [6.07, 6.45) is 0.716. The first-order valence-corrected chi connectivity index (χ1v) is 8.45. The van der Waals surface area contributed by atoms with Gasteiger partial charge in [0.2, 0.25) is 11.7 Å². The number of amides is 1. The highest BCUT2D eigenvalue weighted by Crippen LogP contribution is 2.40. The Balaban J connectivity index is 2.38. The molecule has 0 spiro atoms. The topological polar surface area (TPSA) is 88.5 Å². The third kappa shape index (κ3) is 4.19. The summed E-state index contributed by atoms with van der Waals surface area (Å²) < 4.78 is 16.0. The van der Waals surface area contributed by atoms with Crippen molar-refractivity contribution < 1.29 is 28.9 Å². The zero-order chi connectivity index (χ0) is 19.3. The Hall–Kier alpha value is -2.48. The number of carbonyl (C=O) groups excluding carboxylic acids is 1. The van der Waals surface area contributed by atoms with Gasteiger partial charge in [0.05, 0.1) is 21.3 Å². The summed E-state index contributed by atoms with van der Waals surface area (Å²) in [5.74, 6) is 0.283. The average molecular weight is 366 g/mol. The fourth-order valence-electron chi connectivity index (χ4n) is 3.28. The lowest BCUT2D eigenvalue weighted by molar-refractivity contribution is -0.143. The van der Waals surface area contributed by atoms with Crippen LogP contribution in [0.5, 0.6) is 17.2 Å². The van der Waals surface area contributed by atoms with Crippen LogP contribution in [0.3, 0.4) is 0 Å². The second-order valence-corrected chi connectivity index (χ2v) is 6.10. The third-order valence-electron chi connectivity index (χ3n) is 4.58. The third-order valence-corrected chi connectivity index (χ3v) is 4.58. The number of hydrogen-bond donors (Lipinski definition) is 1. The van der Waals surface area contributed by atoms with Crippen molar-refractivity contribution in [1.82, 2.24) is 9.80 Å². The van der Waals surface area contributed by atoms with Crippen LogP contribution in [0.4, 0.5) is 0 Å². The van der Waals surface area contributed by atoms with Crippen LogP contribution in [0.25, 0.3) is 0 Å². The monoisotopic (exact) mass is 366 g/mol. The van der Waals surface area contributed by atoms with Gasteiger partial charge in [-0.1, -0.05) is 0 Å². The molecule has 1 aromatic rings. The van der Waals surface area contributed by atoms with Gasteiger partial charge in [-0.25, -0.2) is 0 Å². The van der Waals surface area contributed by atoms with E-state index in [0.29, 0.717) is 55.4 Å². The van der Waals surface area contributed by atoms with E-state index in [4.69, 9.17) is 14.2 Å². The number of nitrogens with zero attached hydrogens (tertiary/aromatic N) is 2. The molecule has 1 aliphatic rings. The highest BCUT2D eigenvalue weighted by molar-refractivity contribution is 5.77. The van der Waals surface area contributed by atoms with Crippen molar-refractivity contribution in [1.29, 1.82) is 0 Å². The van der Waals surface area contributed by atoms with E-state index in [2.05, 4.69) is 0 Å². The molecule has 0 aromatic heterocycles. The zero-order valence-corrected chi connectivity index (χ0v) is 15.7. The molecule has 8 heteroatoms. The molecule has 1 N–H and O–H groups in total. The first-order valence-electron chi connectivity index (χ1n) is 8.45. The number of carboxylic acids is 1. The van der Waals surface area contributed by atoms with Crippen LogP contribution in [0.15, 0.2) is 12.1 Å². The van der Waals surface area contributed by atoms with E-state index in [1.807, 2.05) is 4.90 Å². The minimum atomic E-state index is -0.962. The lowest BCUT2D eigenvalue weighted by atomic mass is 10.0. The van der Waals surface area contributed by atoms with Gasteiger partial charge in [0.1, 0.15) is 6.04 Å². The molecule has 8 nitrogen and oxygen atoms in total. The number of carboxylic acid groups (broad SMARTS) is 1. The van der Waals surface area contributed by atoms with Crippen LogP contribution >= 0.6 is 0 Å². The van der Waals surface area contributed by atoms with Gasteiger partial charge in [-0.2, -0.15) is 0 Å². The summed E-state index contributed by atoms with van der Waals surface area (Å²) in [4.78, 5) is 27.3. The van der Waals surface area contributed by atoms with Crippen molar-refractivity contribution in [3.05, 3.63) is 17.7 Å². The fourth-order valence-corrected chi connectivity index (χ4v) is 3.28. The summed E-state index contributed by atoms with van der Waals surface area (Å²) in [6, 6.07) is 2.46. The van der Waals surface area contributed by atoms with Crippen molar-refractivity contribution in [2.24, 2.45) is 0 Å². The highest BCUT2D eigenvalue weighted by Gasteiger charge is 2.31. The van der Waals surface area contributed by atoms with Gasteiger partial charge in [-0.3, -0.25) is 14.5 Å². The van der Waals surface area contributed by atoms with Crippen molar-refractivity contribution in [2.45, 2.75) is 19.4 Å². The standard InChI is InChI=1S/C18H26N2O6/c1-12(21)19-6-5-7-20(9-8-19)16(18(22)23)13-10-14(24-2)17(26-4)15(11-13)25-3/h10-11,16H,5-9H2,1-4H3,(H,22,23). The number of aliphatic carboxylic acids is 1. The Morgan fingerprint density at radius 2 is 1.62 bits per heavy atom. The SMILES string of the molecule is COc1cc(C(C(=O)O)N2CCCN(C(C)=O)CC2)cc(OC)c1OC. The summed E-state index contributed by atoms with van der Waals surface area (Å²) in [6.45, 7) is 3.73. The summed E-state index contributed by atoms with van der Waals surface area (Å²) in [5.41, 5.74) is 0.545. The lowest BCUT2D eigenvalue weighted by Gasteiger charge is -2.28. The van der Waals surface area contributed by atoms with Gasteiger partial charge in [0, 0.05) is 33.1 Å². The average Bonchev–Trinajstić information content (AvgIpc) is 2.86. The van der Waals surface area contributed by atoms with E-state index >= 15 is 0 Å². The molecule has 1 amide bonds. The molecule has 0 aliphatic carbocycles. The maximum absolute atomic E-state index is 12.0. The van der Waals surface area contributed by atoms with Gasteiger partial charge in [0.15, 0.2) is 11.5 Å².